The number of para-hydroxylation sites is 1. The molecule has 1 aromatic carbocycles. The minimum absolute atomic E-state index is 0.281. The van der Waals surface area contributed by atoms with E-state index in [2.05, 4.69) is 15.9 Å². The molecule has 4 heteroatoms. The van der Waals surface area contributed by atoms with Crippen molar-refractivity contribution in [3.63, 3.8) is 0 Å². The number of ether oxygens (including phenoxy) is 1. The Balaban J connectivity index is 2.31. The molecule has 0 spiro atoms. The van der Waals surface area contributed by atoms with E-state index in [0.717, 1.165) is 23.0 Å². The van der Waals surface area contributed by atoms with Gasteiger partial charge in [0.2, 0.25) is 0 Å². The number of hydrogen-bond acceptors (Lipinski definition) is 2. The predicted molar refractivity (Wildman–Crippen MR) is 66.7 cm³/mol. The highest BCUT2D eigenvalue weighted by Gasteiger charge is 2.31. The molecule has 0 bridgehead atoms. The highest BCUT2D eigenvalue weighted by molar-refractivity contribution is 9.10. The van der Waals surface area contributed by atoms with Gasteiger partial charge in [0.1, 0.15) is 0 Å². The third-order valence-electron chi connectivity index (χ3n) is 2.92. The summed E-state index contributed by atoms with van der Waals surface area (Å²) in [6.45, 7) is 0. The normalized spacial score (nSPS) is 15.4. The van der Waals surface area contributed by atoms with E-state index in [1.54, 1.807) is 4.90 Å². The molecule has 0 unspecified atom stereocenters. The van der Waals surface area contributed by atoms with Crippen LogP contribution in [-0.2, 0) is 4.74 Å². The van der Waals surface area contributed by atoms with Gasteiger partial charge in [-0.3, -0.25) is 4.90 Å². The van der Waals surface area contributed by atoms with E-state index in [9.17, 15) is 4.79 Å². The molecular weight excluding hydrogens is 270 g/mol. The third kappa shape index (κ3) is 2.07. The lowest BCUT2D eigenvalue weighted by molar-refractivity contribution is 0.171. The van der Waals surface area contributed by atoms with Gasteiger partial charge in [-0.1, -0.05) is 12.1 Å². The first kappa shape index (κ1) is 11.5. The summed E-state index contributed by atoms with van der Waals surface area (Å²) in [5.74, 6) is 0. The van der Waals surface area contributed by atoms with Crippen LogP contribution in [0.15, 0.2) is 28.7 Å². The molecule has 1 aliphatic carbocycles. The molecule has 86 valence electrons. The zero-order valence-corrected chi connectivity index (χ0v) is 10.7. The summed E-state index contributed by atoms with van der Waals surface area (Å²) in [7, 11) is 1.42. The van der Waals surface area contributed by atoms with E-state index >= 15 is 0 Å². The van der Waals surface area contributed by atoms with Crippen molar-refractivity contribution in [2.45, 2.75) is 25.3 Å². The summed E-state index contributed by atoms with van der Waals surface area (Å²) in [4.78, 5) is 13.5. The van der Waals surface area contributed by atoms with Crippen LogP contribution in [0, 0.1) is 0 Å². The van der Waals surface area contributed by atoms with Crippen molar-refractivity contribution in [3.05, 3.63) is 28.7 Å². The largest absolute Gasteiger partial charge is 0.452 e. The van der Waals surface area contributed by atoms with Gasteiger partial charge in [0.15, 0.2) is 0 Å². The number of amides is 1. The Hall–Kier alpha value is -1.03. The molecule has 2 rings (SSSR count). The molecule has 1 aromatic rings. The van der Waals surface area contributed by atoms with Gasteiger partial charge < -0.3 is 4.74 Å². The van der Waals surface area contributed by atoms with Crippen molar-refractivity contribution in [1.82, 2.24) is 0 Å². The minimum Gasteiger partial charge on any atom is -0.452 e. The lowest BCUT2D eigenvalue weighted by Gasteiger charge is -2.36. The Kier molecular flexibility index (Phi) is 3.49. The predicted octanol–water partition coefficient (Wildman–Crippen LogP) is 3.57. The van der Waals surface area contributed by atoms with Crippen LogP contribution in [-0.4, -0.2) is 19.2 Å². The van der Waals surface area contributed by atoms with Gasteiger partial charge >= 0.3 is 6.09 Å². The number of carbonyl (C=O) groups excluding carboxylic acids is 1. The molecule has 0 aromatic heterocycles. The number of anilines is 1. The van der Waals surface area contributed by atoms with Crippen molar-refractivity contribution >= 4 is 27.7 Å². The van der Waals surface area contributed by atoms with Crippen LogP contribution in [0.1, 0.15) is 19.3 Å². The fourth-order valence-corrected chi connectivity index (χ4v) is 2.31. The fourth-order valence-electron chi connectivity index (χ4n) is 1.83. The standard InChI is InChI=1S/C12H14BrNO2/c1-16-12(15)14(9-5-4-6-9)11-8-3-2-7-10(11)13/h2-3,7-9H,4-6H2,1H3. The Morgan fingerprint density at radius 1 is 1.44 bits per heavy atom. The first-order chi connectivity index (χ1) is 7.74. The molecule has 0 N–H and O–H groups in total. The number of nitrogens with zero attached hydrogens (tertiary/aromatic N) is 1. The monoisotopic (exact) mass is 283 g/mol. The van der Waals surface area contributed by atoms with Crippen LogP contribution >= 0.6 is 15.9 Å². The third-order valence-corrected chi connectivity index (χ3v) is 3.59. The van der Waals surface area contributed by atoms with Crippen molar-refractivity contribution in [2.75, 3.05) is 12.0 Å². The summed E-state index contributed by atoms with van der Waals surface area (Å²) >= 11 is 3.47. The van der Waals surface area contributed by atoms with E-state index in [0.29, 0.717) is 0 Å². The number of halogens is 1. The molecule has 1 aliphatic rings. The van der Waals surface area contributed by atoms with E-state index in [1.165, 1.54) is 13.5 Å². The maximum absolute atomic E-state index is 11.8. The lowest BCUT2D eigenvalue weighted by Crippen LogP contribution is -2.44. The smallest absolute Gasteiger partial charge is 0.414 e. The molecule has 16 heavy (non-hydrogen) atoms. The van der Waals surface area contributed by atoms with Gasteiger partial charge in [-0.15, -0.1) is 0 Å². The first-order valence-corrected chi connectivity index (χ1v) is 6.15. The summed E-state index contributed by atoms with van der Waals surface area (Å²) in [5.41, 5.74) is 0.888. The van der Waals surface area contributed by atoms with Crippen molar-refractivity contribution < 1.29 is 9.53 Å². The molecule has 3 nitrogen and oxygen atoms in total. The Morgan fingerprint density at radius 2 is 2.12 bits per heavy atom. The molecule has 1 fully saturated rings. The minimum atomic E-state index is -0.281. The fraction of sp³-hybridized carbons (Fsp3) is 0.417. The van der Waals surface area contributed by atoms with Gasteiger partial charge in [-0.25, -0.2) is 4.79 Å². The molecule has 1 amide bonds. The van der Waals surface area contributed by atoms with E-state index in [-0.39, 0.29) is 12.1 Å². The molecule has 0 atom stereocenters. The Labute approximate surface area is 104 Å². The van der Waals surface area contributed by atoms with E-state index in [1.807, 2.05) is 24.3 Å². The Morgan fingerprint density at radius 3 is 2.62 bits per heavy atom. The molecule has 0 radical (unpaired) electrons. The second-order valence-corrected chi connectivity index (χ2v) is 4.73. The van der Waals surface area contributed by atoms with Gasteiger partial charge in [0, 0.05) is 10.5 Å². The van der Waals surface area contributed by atoms with Crippen molar-refractivity contribution in [1.29, 1.82) is 0 Å². The van der Waals surface area contributed by atoms with Crippen LogP contribution in [0.3, 0.4) is 0 Å². The number of carbonyl (C=O) groups is 1. The van der Waals surface area contributed by atoms with E-state index < -0.39 is 0 Å². The lowest BCUT2D eigenvalue weighted by atomic mass is 9.91. The quantitative estimate of drug-likeness (QED) is 0.830. The average Bonchev–Trinajstić information content (AvgIpc) is 2.23. The SMILES string of the molecule is COC(=O)N(c1ccccc1Br)C1CCC1. The highest BCUT2D eigenvalue weighted by Crippen LogP contribution is 2.34. The van der Waals surface area contributed by atoms with Crippen molar-refractivity contribution in [3.8, 4) is 0 Å². The van der Waals surface area contributed by atoms with Gasteiger partial charge in [0.05, 0.1) is 12.8 Å². The molecular formula is C12H14BrNO2. The van der Waals surface area contributed by atoms with Crippen LogP contribution < -0.4 is 4.90 Å². The maximum Gasteiger partial charge on any atom is 0.414 e. The molecule has 0 saturated heterocycles. The molecule has 0 aliphatic heterocycles. The van der Waals surface area contributed by atoms with E-state index in [4.69, 9.17) is 4.74 Å². The zero-order valence-electron chi connectivity index (χ0n) is 9.15. The van der Waals surface area contributed by atoms with Crippen LogP contribution in [0.25, 0.3) is 0 Å². The number of methoxy groups -OCH3 is 1. The molecule has 1 saturated carbocycles. The summed E-state index contributed by atoms with van der Waals surface area (Å²) in [6, 6.07) is 8.01. The number of rotatable bonds is 2. The average molecular weight is 284 g/mol. The second-order valence-electron chi connectivity index (χ2n) is 3.88. The molecule has 0 heterocycles. The Bertz CT molecular complexity index is 390. The highest BCUT2D eigenvalue weighted by atomic mass is 79.9. The summed E-state index contributed by atoms with van der Waals surface area (Å²) < 4.78 is 5.77. The van der Waals surface area contributed by atoms with Gasteiger partial charge in [0.25, 0.3) is 0 Å². The van der Waals surface area contributed by atoms with Crippen molar-refractivity contribution in [2.24, 2.45) is 0 Å². The number of benzene rings is 1. The van der Waals surface area contributed by atoms with Crippen LogP contribution in [0.4, 0.5) is 10.5 Å². The zero-order chi connectivity index (χ0) is 11.5. The number of hydrogen-bond donors (Lipinski definition) is 0. The van der Waals surface area contributed by atoms with Crippen LogP contribution in [0.2, 0.25) is 0 Å². The van der Waals surface area contributed by atoms with Crippen LogP contribution in [0.5, 0.6) is 0 Å². The summed E-state index contributed by atoms with van der Waals surface area (Å²) in [5, 5.41) is 0. The van der Waals surface area contributed by atoms with Gasteiger partial charge in [-0.05, 0) is 47.3 Å². The topological polar surface area (TPSA) is 29.5 Å². The van der Waals surface area contributed by atoms with Gasteiger partial charge in [-0.2, -0.15) is 0 Å². The second kappa shape index (κ2) is 4.87. The maximum atomic E-state index is 11.8. The summed E-state index contributed by atoms with van der Waals surface area (Å²) in [6.07, 6.45) is 3.01. The first-order valence-electron chi connectivity index (χ1n) is 5.35.